The Morgan fingerprint density at radius 1 is 1.34 bits per heavy atom. The molecule has 4 atom stereocenters. The molecule has 160 valence electrons. The molecular formula is C22H31ClN2O4. The quantitative estimate of drug-likeness (QED) is 0.658. The van der Waals surface area contributed by atoms with Gasteiger partial charge in [-0.15, -0.1) is 0 Å². The van der Waals surface area contributed by atoms with Crippen LogP contribution in [0.2, 0.25) is 5.02 Å². The van der Waals surface area contributed by atoms with Crippen LogP contribution in [0.1, 0.15) is 18.9 Å². The minimum atomic E-state index is -0.307. The van der Waals surface area contributed by atoms with Crippen LogP contribution in [0.4, 0.5) is 4.79 Å². The predicted octanol–water partition coefficient (Wildman–Crippen LogP) is 3.38. The molecule has 7 heteroatoms. The Kier molecular flexibility index (Phi) is 7.95. The molecule has 2 saturated heterocycles. The van der Waals surface area contributed by atoms with Gasteiger partial charge in [0, 0.05) is 37.3 Å². The highest BCUT2D eigenvalue weighted by Crippen LogP contribution is 2.27. The van der Waals surface area contributed by atoms with E-state index in [4.69, 9.17) is 25.8 Å². The monoisotopic (exact) mass is 422 g/mol. The van der Waals surface area contributed by atoms with Gasteiger partial charge in [0.2, 0.25) is 0 Å². The zero-order valence-corrected chi connectivity index (χ0v) is 18.0. The van der Waals surface area contributed by atoms with E-state index < -0.39 is 0 Å². The molecule has 0 aliphatic carbocycles. The zero-order chi connectivity index (χ0) is 20.8. The van der Waals surface area contributed by atoms with E-state index in [1.165, 1.54) is 5.56 Å². The number of carbonyl (C=O) groups excluding carboxylic acids is 1. The minimum absolute atomic E-state index is 0.0713. The first kappa shape index (κ1) is 22.1. The number of carbonyl (C=O) groups is 1. The second kappa shape index (κ2) is 10.4. The largest absolute Gasteiger partial charge is 0.445 e. The van der Waals surface area contributed by atoms with Gasteiger partial charge in [0.25, 0.3) is 0 Å². The number of hydrogen-bond donors (Lipinski definition) is 0. The van der Waals surface area contributed by atoms with Gasteiger partial charge in [0.15, 0.2) is 0 Å². The Bertz CT molecular complexity index is 684. The SMILES string of the molecule is C=CCOC(=O)N1CC[C@@H](N2C[C@H](C)OC[C@@H]2Cc2ccc(Cl)cc2)[C@H](OC)C1. The van der Waals surface area contributed by atoms with E-state index in [9.17, 15) is 4.79 Å². The summed E-state index contributed by atoms with van der Waals surface area (Å²) >= 11 is 6.03. The van der Waals surface area contributed by atoms with Gasteiger partial charge in [0.1, 0.15) is 6.61 Å². The Morgan fingerprint density at radius 3 is 2.79 bits per heavy atom. The molecule has 3 rings (SSSR count). The number of benzene rings is 1. The highest BCUT2D eigenvalue weighted by atomic mass is 35.5. The molecule has 6 nitrogen and oxygen atoms in total. The van der Waals surface area contributed by atoms with Gasteiger partial charge in [-0.05, 0) is 37.5 Å². The first-order valence-corrected chi connectivity index (χ1v) is 10.6. The summed E-state index contributed by atoms with van der Waals surface area (Å²) in [4.78, 5) is 16.5. The Balaban J connectivity index is 1.69. The maximum absolute atomic E-state index is 12.2. The summed E-state index contributed by atoms with van der Waals surface area (Å²) in [6, 6.07) is 8.49. The van der Waals surface area contributed by atoms with Gasteiger partial charge in [-0.1, -0.05) is 36.4 Å². The summed E-state index contributed by atoms with van der Waals surface area (Å²) in [5.41, 5.74) is 1.24. The third kappa shape index (κ3) is 5.72. The fraction of sp³-hybridized carbons (Fsp3) is 0.591. The van der Waals surface area contributed by atoms with Crippen LogP contribution in [0, 0.1) is 0 Å². The molecule has 1 amide bonds. The van der Waals surface area contributed by atoms with Crippen LogP contribution in [0.3, 0.4) is 0 Å². The molecule has 0 N–H and O–H groups in total. The second-order valence-electron chi connectivity index (χ2n) is 7.77. The van der Waals surface area contributed by atoms with Gasteiger partial charge in [-0.3, -0.25) is 4.90 Å². The number of methoxy groups -OCH3 is 1. The van der Waals surface area contributed by atoms with Gasteiger partial charge < -0.3 is 19.1 Å². The number of hydrogen-bond acceptors (Lipinski definition) is 5. The lowest BCUT2D eigenvalue weighted by molar-refractivity contribution is -0.112. The van der Waals surface area contributed by atoms with E-state index in [1.54, 1.807) is 18.1 Å². The number of rotatable bonds is 6. The standard InChI is InChI=1S/C22H31ClN2O4/c1-4-11-28-22(26)24-10-9-20(21(14-24)27-3)25-13-16(2)29-15-19(25)12-17-5-7-18(23)8-6-17/h4-8,16,19-21H,1,9-15H2,2-3H3/t16-,19-,20+,21+/m0/s1. The van der Waals surface area contributed by atoms with Crippen molar-refractivity contribution in [3.63, 3.8) is 0 Å². The molecule has 0 radical (unpaired) electrons. The third-order valence-electron chi connectivity index (χ3n) is 5.73. The number of amides is 1. The van der Waals surface area contributed by atoms with E-state index >= 15 is 0 Å². The summed E-state index contributed by atoms with van der Waals surface area (Å²) in [6.07, 6.45) is 3.10. The number of halogens is 1. The van der Waals surface area contributed by atoms with E-state index in [1.807, 2.05) is 12.1 Å². The minimum Gasteiger partial charge on any atom is -0.445 e. The number of nitrogens with zero attached hydrogens (tertiary/aromatic N) is 2. The highest BCUT2D eigenvalue weighted by molar-refractivity contribution is 6.30. The first-order chi connectivity index (χ1) is 14.0. The van der Waals surface area contributed by atoms with Crippen molar-refractivity contribution in [3.8, 4) is 0 Å². The molecule has 2 aliphatic heterocycles. The van der Waals surface area contributed by atoms with Crippen molar-refractivity contribution in [1.29, 1.82) is 0 Å². The Hall–Kier alpha value is -1.60. The summed E-state index contributed by atoms with van der Waals surface area (Å²) < 4.78 is 17.0. The molecule has 0 unspecified atom stereocenters. The van der Waals surface area contributed by atoms with Crippen molar-refractivity contribution in [3.05, 3.63) is 47.5 Å². The smallest absolute Gasteiger partial charge is 0.410 e. The number of piperidine rings is 1. The topological polar surface area (TPSA) is 51.2 Å². The maximum atomic E-state index is 12.2. The summed E-state index contributed by atoms with van der Waals surface area (Å²) in [5.74, 6) is 0. The normalized spacial score (nSPS) is 28.2. The molecule has 1 aromatic carbocycles. The first-order valence-electron chi connectivity index (χ1n) is 10.2. The number of morpholine rings is 1. The van der Waals surface area contributed by atoms with Crippen LogP contribution in [0.5, 0.6) is 0 Å². The van der Waals surface area contributed by atoms with Crippen LogP contribution < -0.4 is 0 Å². The van der Waals surface area contributed by atoms with E-state index in [-0.39, 0.29) is 37.0 Å². The van der Waals surface area contributed by atoms with Gasteiger partial charge in [-0.25, -0.2) is 4.79 Å². The van der Waals surface area contributed by atoms with Crippen molar-refractivity contribution in [1.82, 2.24) is 9.80 Å². The van der Waals surface area contributed by atoms with Gasteiger partial charge in [-0.2, -0.15) is 0 Å². The molecule has 2 fully saturated rings. The molecule has 2 aliphatic rings. The van der Waals surface area contributed by atoms with E-state index in [0.29, 0.717) is 19.7 Å². The van der Waals surface area contributed by atoms with E-state index in [0.717, 1.165) is 24.4 Å². The molecule has 0 spiro atoms. The Morgan fingerprint density at radius 2 is 2.10 bits per heavy atom. The average Bonchev–Trinajstić information content (AvgIpc) is 2.74. The number of likely N-dealkylation sites (tertiary alicyclic amines) is 1. The Labute approximate surface area is 178 Å². The highest BCUT2D eigenvalue weighted by Gasteiger charge is 2.40. The van der Waals surface area contributed by atoms with Crippen molar-refractivity contribution in [2.75, 3.05) is 40.0 Å². The van der Waals surface area contributed by atoms with Crippen molar-refractivity contribution >= 4 is 17.7 Å². The molecule has 2 heterocycles. The van der Waals surface area contributed by atoms with Crippen molar-refractivity contribution < 1.29 is 19.0 Å². The van der Waals surface area contributed by atoms with Crippen molar-refractivity contribution in [2.24, 2.45) is 0 Å². The lowest BCUT2D eigenvalue weighted by atomic mass is 9.94. The predicted molar refractivity (Wildman–Crippen MR) is 113 cm³/mol. The molecule has 29 heavy (non-hydrogen) atoms. The van der Waals surface area contributed by atoms with Crippen LogP contribution in [0.25, 0.3) is 0 Å². The number of ether oxygens (including phenoxy) is 3. The van der Waals surface area contributed by atoms with Crippen molar-refractivity contribution in [2.45, 2.75) is 44.1 Å². The molecular weight excluding hydrogens is 392 g/mol. The lowest BCUT2D eigenvalue weighted by Crippen LogP contribution is -2.62. The molecule has 0 bridgehead atoms. The van der Waals surface area contributed by atoms with Crippen LogP contribution in [-0.2, 0) is 20.6 Å². The average molecular weight is 423 g/mol. The van der Waals surface area contributed by atoms with Crippen LogP contribution in [0.15, 0.2) is 36.9 Å². The fourth-order valence-electron chi connectivity index (χ4n) is 4.25. The van der Waals surface area contributed by atoms with Crippen LogP contribution >= 0.6 is 11.6 Å². The fourth-order valence-corrected chi connectivity index (χ4v) is 4.37. The van der Waals surface area contributed by atoms with Crippen LogP contribution in [-0.4, -0.2) is 80.1 Å². The van der Waals surface area contributed by atoms with E-state index in [2.05, 4.69) is 30.5 Å². The van der Waals surface area contributed by atoms with Gasteiger partial charge >= 0.3 is 6.09 Å². The summed E-state index contributed by atoms with van der Waals surface area (Å²) in [7, 11) is 1.72. The van der Waals surface area contributed by atoms with Gasteiger partial charge in [0.05, 0.1) is 25.4 Å². The summed E-state index contributed by atoms with van der Waals surface area (Å²) in [6.45, 7) is 8.63. The summed E-state index contributed by atoms with van der Waals surface area (Å²) in [5, 5.41) is 0.745. The lowest BCUT2D eigenvalue weighted by Gasteiger charge is -2.48. The molecule has 0 saturated carbocycles. The molecule has 0 aromatic heterocycles. The zero-order valence-electron chi connectivity index (χ0n) is 17.3. The maximum Gasteiger partial charge on any atom is 0.410 e. The molecule has 1 aromatic rings. The second-order valence-corrected chi connectivity index (χ2v) is 8.20. The third-order valence-corrected chi connectivity index (χ3v) is 5.98.